The number of hydrogen-bond acceptors (Lipinski definition) is 4. The van der Waals surface area contributed by atoms with E-state index < -0.39 is 6.10 Å². The molecule has 1 amide bonds. The third-order valence-electron chi connectivity index (χ3n) is 5.76. The Morgan fingerprint density at radius 2 is 1.79 bits per heavy atom. The maximum atomic E-state index is 11.7. The number of carbonyl (C=O) groups excluding carboxylic acids is 1. The zero-order valence-corrected chi connectivity index (χ0v) is 16.9. The van der Waals surface area contributed by atoms with E-state index >= 15 is 0 Å². The topological polar surface area (TPSA) is 47.0 Å². The number of benzene rings is 2. The first-order chi connectivity index (χ1) is 13.5. The Hall–Kier alpha value is -2.08. The van der Waals surface area contributed by atoms with Gasteiger partial charge in [0.1, 0.15) is 0 Å². The van der Waals surface area contributed by atoms with E-state index in [0.717, 1.165) is 61.0 Å². The Labute approximate surface area is 171 Å². The number of aliphatic hydroxyl groups is 1. The van der Waals surface area contributed by atoms with Crippen LogP contribution < -0.4 is 9.80 Å². The monoisotopic (exact) mass is 399 g/mol. The first-order valence-corrected chi connectivity index (χ1v) is 10.2. The number of carbonyl (C=O) groups is 1. The van der Waals surface area contributed by atoms with Crippen LogP contribution in [0.3, 0.4) is 0 Å². The summed E-state index contributed by atoms with van der Waals surface area (Å²) in [6.45, 7) is 6.67. The molecule has 28 heavy (non-hydrogen) atoms. The quantitative estimate of drug-likeness (QED) is 0.858. The number of halogens is 1. The Kier molecular flexibility index (Phi) is 5.58. The molecule has 2 aromatic carbocycles. The van der Waals surface area contributed by atoms with Crippen molar-refractivity contribution in [3.05, 3.63) is 58.6 Å². The average Bonchev–Trinajstić information content (AvgIpc) is 3.13. The number of amides is 1. The van der Waals surface area contributed by atoms with Gasteiger partial charge in [-0.3, -0.25) is 9.69 Å². The SMILES string of the molecule is CC(=O)N1CCc2cc(C(O)CN3CCN(c4ccc(Cl)cc4)CC3)ccc21. The molecule has 1 atom stereocenters. The van der Waals surface area contributed by atoms with Crippen LogP contribution >= 0.6 is 11.6 Å². The highest BCUT2D eigenvalue weighted by atomic mass is 35.5. The van der Waals surface area contributed by atoms with Crippen LogP contribution in [0.4, 0.5) is 11.4 Å². The number of hydrogen-bond donors (Lipinski definition) is 1. The largest absolute Gasteiger partial charge is 0.387 e. The maximum absolute atomic E-state index is 11.7. The number of piperazine rings is 1. The highest BCUT2D eigenvalue weighted by Gasteiger charge is 2.24. The van der Waals surface area contributed by atoms with Gasteiger partial charge in [0.25, 0.3) is 0 Å². The molecule has 1 fully saturated rings. The van der Waals surface area contributed by atoms with Crippen LogP contribution in [0.25, 0.3) is 0 Å². The molecule has 148 valence electrons. The molecular weight excluding hydrogens is 374 g/mol. The molecule has 5 nitrogen and oxygen atoms in total. The van der Waals surface area contributed by atoms with Gasteiger partial charge >= 0.3 is 0 Å². The number of aliphatic hydroxyl groups excluding tert-OH is 1. The summed E-state index contributed by atoms with van der Waals surface area (Å²) < 4.78 is 0. The van der Waals surface area contributed by atoms with Gasteiger partial charge in [-0.05, 0) is 47.9 Å². The Morgan fingerprint density at radius 1 is 1.07 bits per heavy atom. The molecule has 1 N–H and O–H groups in total. The molecule has 1 unspecified atom stereocenters. The number of fused-ring (bicyclic) bond motifs is 1. The molecule has 2 aromatic rings. The predicted octanol–water partition coefficient (Wildman–Crippen LogP) is 3.10. The molecule has 2 heterocycles. The van der Waals surface area contributed by atoms with Crippen LogP contribution in [0.5, 0.6) is 0 Å². The van der Waals surface area contributed by atoms with E-state index in [9.17, 15) is 9.90 Å². The van der Waals surface area contributed by atoms with Crippen molar-refractivity contribution in [2.75, 3.05) is 49.1 Å². The van der Waals surface area contributed by atoms with Gasteiger partial charge in [0, 0.05) is 62.6 Å². The van der Waals surface area contributed by atoms with Crippen molar-refractivity contribution in [2.24, 2.45) is 0 Å². The van der Waals surface area contributed by atoms with Gasteiger partial charge in [-0.15, -0.1) is 0 Å². The summed E-state index contributed by atoms with van der Waals surface area (Å²) in [5, 5.41) is 11.5. The fraction of sp³-hybridized carbons (Fsp3) is 0.409. The third-order valence-corrected chi connectivity index (χ3v) is 6.01. The van der Waals surface area contributed by atoms with Crippen molar-refractivity contribution in [2.45, 2.75) is 19.4 Å². The second-order valence-corrected chi connectivity index (χ2v) is 8.03. The minimum Gasteiger partial charge on any atom is -0.387 e. The Morgan fingerprint density at radius 3 is 2.46 bits per heavy atom. The van der Waals surface area contributed by atoms with Crippen LogP contribution in [-0.4, -0.2) is 55.2 Å². The summed E-state index contributed by atoms with van der Waals surface area (Å²) in [5.41, 5.74) is 4.27. The van der Waals surface area contributed by atoms with E-state index in [4.69, 9.17) is 11.6 Å². The molecule has 0 saturated carbocycles. The molecule has 1 saturated heterocycles. The fourth-order valence-electron chi connectivity index (χ4n) is 4.15. The lowest BCUT2D eigenvalue weighted by Crippen LogP contribution is -2.47. The second-order valence-electron chi connectivity index (χ2n) is 7.59. The first-order valence-electron chi connectivity index (χ1n) is 9.83. The summed E-state index contributed by atoms with van der Waals surface area (Å²) in [7, 11) is 0. The standard InChI is InChI=1S/C22H26ClN3O2/c1-16(27)26-9-8-17-14-18(2-7-21(17)26)22(28)15-24-10-12-25(13-11-24)20-5-3-19(23)4-6-20/h2-7,14,22,28H,8-13,15H2,1H3. The molecule has 0 spiro atoms. The van der Waals surface area contributed by atoms with Crippen molar-refractivity contribution in [3.8, 4) is 0 Å². The number of rotatable bonds is 4. The molecule has 0 aromatic heterocycles. The number of β-amino-alcohol motifs (C(OH)–C–C–N with tert-alkyl or cyclic N) is 1. The van der Waals surface area contributed by atoms with Gasteiger partial charge < -0.3 is 14.9 Å². The Balaban J connectivity index is 1.34. The minimum atomic E-state index is -0.515. The normalized spacial score (nSPS) is 18.2. The lowest BCUT2D eigenvalue weighted by atomic mass is 10.0. The lowest BCUT2D eigenvalue weighted by Gasteiger charge is -2.37. The van der Waals surface area contributed by atoms with Crippen LogP contribution in [0, 0.1) is 0 Å². The predicted molar refractivity (Wildman–Crippen MR) is 113 cm³/mol. The van der Waals surface area contributed by atoms with Gasteiger partial charge in [-0.25, -0.2) is 0 Å². The molecule has 0 radical (unpaired) electrons. The zero-order valence-electron chi connectivity index (χ0n) is 16.1. The van der Waals surface area contributed by atoms with Crippen LogP contribution in [0.2, 0.25) is 5.02 Å². The highest BCUT2D eigenvalue weighted by molar-refractivity contribution is 6.30. The van der Waals surface area contributed by atoms with Crippen molar-refractivity contribution in [1.82, 2.24) is 4.90 Å². The molecule has 2 aliphatic heterocycles. The maximum Gasteiger partial charge on any atom is 0.223 e. The van der Waals surface area contributed by atoms with Crippen LogP contribution in [0.1, 0.15) is 24.2 Å². The van der Waals surface area contributed by atoms with Crippen molar-refractivity contribution < 1.29 is 9.90 Å². The van der Waals surface area contributed by atoms with E-state index in [2.05, 4.69) is 28.0 Å². The van der Waals surface area contributed by atoms with Crippen LogP contribution in [-0.2, 0) is 11.2 Å². The van der Waals surface area contributed by atoms with Gasteiger partial charge in [0.15, 0.2) is 0 Å². The van der Waals surface area contributed by atoms with Gasteiger partial charge in [-0.1, -0.05) is 23.7 Å². The van der Waals surface area contributed by atoms with E-state index in [-0.39, 0.29) is 5.91 Å². The summed E-state index contributed by atoms with van der Waals surface area (Å²) in [4.78, 5) is 18.2. The minimum absolute atomic E-state index is 0.0746. The summed E-state index contributed by atoms with van der Waals surface area (Å²) in [6.07, 6.45) is 0.341. The summed E-state index contributed by atoms with van der Waals surface area (Å²) in [5.74, 6) is 0.0746. The van der Waals surface area contributed by atoms with Crippen LogP contribution in [0.15, 0.2) is 42.5 Å². The van der Waals surface area contributed by atoms with Crippen molar-refractivity contribution >= 4 is 28.9 Å². The van der Waals surface area contributed by atoms with E-state index in [0.29, 0.717) is 6.54 Å². The summed E-state index contributed by atoms with van der Waals surface area (Å²) >= 11 is 5.97. The van der Waals surface area contributed by atoms with E-state index in [1.165, 1.54) is 5.69 Å². The van der Waals surface area contributed by atoms with E-state index in [1.54, 1.807) is 6.92 Å². The number of nitrogens with zero attached hydrogens (tertiary/aromatic N) is 3. The average molecular weight is 400 g/mol. The highest BCUT2D eigenvalue weighted by Crippen LogP contribution is 2.31. The molecular formula is C22H26ClN3O2. The van der Waals surface area contributed by atoms with E-state index in [1.807, 2.05) is 29.2 Å². The number of anilines is 2. The summed E-state index contributed by atoms with van der Waals surface area (Å²) in [6, 6.07) is 14.0. The second kappa shape index (κ2) is 8.11. The first kappa shape index (κ1) is 19.2. The van der Waals surface area contributed by atoms with Gasteiger partial charge in [0.05, 0.1) is 6.10 Å². The van der Waals surface area contributed by atoms with Gasteiger partial charge in [0.2, 0.25) is 5.91 Å². The van der Waals surface area contributed by atoms with Crippen molar-refractivity contribution in [3.63, 3.8) is 0 Å². The molecule has 6 heteroatoms. The molecule has 2 aliphatic rings. The zero-order chi connectivity index (χ0) is 19.7. The molecule has 4 rings (SSSR count). The molecule has 0 bridgehead atoms. The third kappa shape index (κ3) is 4.02. The fourth-order valence-corrected chi connectivity index (χ4v) is 4.27. The smallest absolute Gasteiger partial charge is 0.223 e. The van der Waals surface area contributed by atoms with Crippen molar-refractivity contribution in [1.29, 1.82) is 0 Å². The Bertz CT molecular complexity index is 847. The lowest BCUT2D eigenvalue weighted by molar-refractivity contribution is -0.116. The van der Waals surface area contributed by atoms with Gasteiger partial charge in [-0.2, -0.15) is 0 Å². The molecule has 0 aliphatic carbocycles.